The quantitative estimate of drug-likeness (QED) is 0.625. The van der Waals surface area contributed by atoms with E-state index < -0.39 is 12.3 Å². The van der Waals surface area contributed by atoms with Gasteiger partial charge in [0.15, 0.2) is 0 Å². The van der Waals surface area contributed by atoms with Gasteiger partial charge in [0.05, 0.1) is 16.8 Å². The lowest BCUT2D eigenvalue weighted by atomic mass is 9.98. The molecule has 0 spiro atoms. The van der Waals surface area contributed by atoms with Gasteiger partial charge < -0.3 is 29.4 Å². The van der Waals surface area contributed by atoms with Gasteiger partial charge in [-0.1, -0.05) is 30.3 Å². The van der Waals surface area contributed by atoms with E-state index in [4.69, 9.17) is 18.9 Å². The summed E-state index contributed by atoms with van der Waals surface area (Å²) in [5.74, 6) is 0.354. The number of benzene rings is 3. The molecule has 2 unspecified atom stereocenters. The van der Waals surface area contributed by atoms with Crippen molar-refractivity contribution in [1.82, 2.24) is 5.32 Å². The second kappa shape index (κ2) is 7.60. The highest BCUT2D eigenvalue weighted by atomic mass is 16.8. The lowest BCUT2D eigenvalue weighted by Gasteiger charge is -2.35. The number of aliphatic hydroxyl groups is 1. The molecule has 0 aromatic heterocycles. The highest BCUT2D eigenvalue weighted by Gasteiger charge is 2.37. The van der Waals surface area contributed by atoms with Crippen LogP contribution in [0.4, 0.5) is 0 Å². The molecule has 0 fully saturated rings. The average Bonchev–Trinajstić information content (AvgIpc) is 2.75. The second-order valence-electron chi connectivity index (χ2n) is 8.28. The molecule has 2 heterocycles. The first-order valence-electron chi connectivity index (χ1n) is 10.7. The van der Waals surface area contributed by atoms with Crippen molar-refractivity contribution >= 4 is 16.7 Å². The molecule has 2 aliphatic rings. The molecule has 7 heteroatoms. The van der Waals surface area contributed by atoms with Crippen LogP contribution in [0.2, 0.25) is 0 Å². The molecule has 166 valence electrons. The third-order valence-corrected chi connectivity index (χ3v) is 5.67. The Hall–Kier alpha value is -3.45. The average molecular weight is 435 g/mol. The van der Waals surface area contributed by atoms with Gasteiger partial charge in [0, 0.05) is 20.3 Å². The number of carbonyl (C=O) groups is 1. The molecule has 1 amide bonds. The van der Waals surface area contributed by atoms with Crippen LogP contribution in [0.1, 0.15) is 44.4 Å². The molecule has 0 saturated carbocycles. The SMILES string of the molecule is CC1Oc2ccc3c4c(c(CCC(=O)N[C@@H](C)c5ccccc5)cc(c24)O1)OC(C)(O)O3. The Bertz CT molecular complexity index is 1190. The zero-order valence-electron chi connectivity index (χ0n) is 18.2. The van der Waals surface area contributed by atoms with Crippen LogP contribution in [0.5, 0.6) is 23.0 Å². The van der Waals surface area contributed by atoms with Crippen molar-refractivity contribution in [3.05, 3.63) is 59.7 Å². The summed E-state index contributed by atoms with van der Waals surface area (Å²) in [4.78, 5) is 12.7. The van der Waals surface area contributed by atoms with Crippen molar-refractivity contribution in [2.75, 3.05) is 0 Å². The van der Waals surface area contributed by atoms with E-state index in [-0.39, 0.29) is 18.4 Å². The van der Waals surface area contributed by atoms with Gasteiger partial charge >= 0.3 is 5.97 Å². The summed E-state index contributed by atoms with van der Waals surface area (Å²) < 4.78 is 23.1. The smallest absolute Gasteiger partial charge is 0.366 e. The predicted octanol–water partition coefficient (Wildman–Crippen LogP) is 4.20. The number of nitrogens with one attached hydrogen (secondary N) is 1. The Morgan fingerprint density at radius 3 is 2.56 bits per heavy atom. The molecule has 2 aliphatic heterocycles. The Morgan fingerprint density at radius 2 is 1.78 bits per heavy atom. The van der Waals surface area contributed by atoms with Crippen LogP contribution in [0.15, 0.2) is 48.5 Å². The van der Waals surface area contributed by atoms with Crippen LogP contribution in [0.3, 0.4) is 0 Å². The van der Waals surface area contributed by atoms with Crippen LogP contribution < -0.4 is 24.3 Å². The monoisotopic (exact) mass is 435 g/mol. The lowest BCUT2D eigenvalue weighted by Crippen LogP contribution is -2.41. The van der Waals surface area contributed by atoms with Crippen LogP contribution in [0, 0.1) is 0 Å². The lowest BCUT2D eigenvalue weighted by molar-refractivity contribution is -0.261. The summed E-state index contributed by atoms with van der Waals surface area (Å²) in [6.07, 6.45) is 0.213. The van der Waals surface area contributed by atoms with Gasteiger partial charge in [-0.3, -0.25) is 4.79 Å². The van der Waals surface area contributed by atoms with E-state index in [0.717, 1.165) is 16.5 Å². The number of rotatable bonds is 5. The molecule has 3 atom stereocenters. The normalized spacial score (nSPS) is 21.6. The summed E-state index contributed by atoms with van der Waals surface area (Å²) in [5.41, 5.74) is 1.80. The topological polar surface area (TPSA) is 86.3 Å². The van der Waals surface area contributed by atoms with E-state index in [1.54, 1.807) is 12.1 Å². The van der Waals surface area contributed by atoms with Crippen molar-refractivity contribution in [3.63, 3.8) is 0 Å². The molecule has 0 radical (unpaired) electrons. The molecule has 2 N–H and O–H groups in total. The van der Waals surface area contributed by atoms with E-state index in [2.05, 4.69) is 5.32 Å². The zero-order valence-corrected chi connectivity index (χ0v) is 18.2. The molecular weight excluding hydrogens is 410 g/mol. The van der Waals surface area contributed by atoms with Crippen molar-refractivity contribution in [3.8, 4) is 23.0 Å². The standard InChI is InChI=1S/C25H25NO6/c1-14(16-7-5-4-6-8-16)26-21(27)12-9-17-13-20-22-18(29-15(2)30-20)10-11-19-23(22)24(17)32-25(3,28)31-19/h4-8,10-11,13-15,28H,9,12H2,1-3H3,(H,26,27)/t14-,15?,25?/m0/s1. The number of ether oxygens (including phenoxy) is 4. The second-order valence-corrected chi connectivity index (χ2v) is 8.28. The molecule has 0 aliphatic carbocycles. The van der Waals surface area contributed by atoms with Crippen molar-refractivity contribution in [2.24, 2.45) is 0 Å². The van der Waals surface area contributed by atoms with Gasteiger partial charge in [-0.25, -0.2) is 0 Å². The number of hydrogen-bond acceptors (Lipinski definition) is 6. The van der Waals surface area contributed by atoms with Gasteiger partial charge in [-0.05, 0) is 42.7 Å². The first-order chi connectivity index (χ1) is 15.3. The third kappa shape index (κ3) is 3.69. The van der Waals surface area contributed by atoms with Crippen molar-refractivity contribution < 1.29 is 28.8 Å². The highest BCUT2D eigenvalue weighted by Crippen LogP contribution is 2.51. The highest BCUT2D eigenvalue weighted by molar-refractivity contribution is 6.03. The van der Waals surface area contributed by atoms with Crippen molar-refractivity contribution in [1.29, 1.82) is 0 Å². The van der Waals surface area contributed by atoms with Crippen LogP contribution in [-0.4, -0.2) is 23.3 Å². The fourth-order valence-electron chi connectivity index (χ4n) is 4.25. The third-order valence-electron chi connectivity index (χ3n) is 5.67. The summed E-state index contributed by atoms with van der Waals surface area (Å²) in [6.45, 7) is 5.21. The number of amides is 1. The fraction of sp³-hybridized carbons (Fsp3) is 0.320. The molecular formula is C25H25NO6. The van der Waals surface area contributed by atoms with Gasteiger partial charge in [0.2, 0.25) is 12.2 Å². The van der Waals surface area contributed by atoms with E-state index in [9.17, 15) is 9.90 Å². The van der Waals surface area contributed by atoms with Gasteiger partial charge in [-0.15, -0.1) is 0 Å². The minimum atomic E-state index is -1.82. The number of hydrogen-bond donors (Lipinski definition) is 2. The van der Waals surface area contributed by atoms with Crippen LogP contribution in [0.25, 0.3) is 10.8 Å². The Kier molecular flexibility index (Phi) is 4.86. The van der Waals surface area contributed by atoms with E-state index in [0.29, 0.717) is 34.8 Å². The first-order valence-corrected chi connectivity index (χ1v) is 10.7. The Labute approximate surface area is 185 Å². The summed E-state index contributed by atoms with van der Waals surface area (Å²) in [7, 11) is 0. The maximum absolute atomic E-state index is 12.7. The van der Waals surface area contributed by atoms with Crippen LogP contribution >= 0.6 is 0 Å². The minimum absolute atomic E-state index is 0.0762. The van der Waals surface area contributed by atoms with Gasteiger partial charge in [-0.2, -0.15) is 0 Å². The Morgan fingerprint density at radius 1 is 1.06 bits per heavy atom. The van der Waals surface area contributed by atoms with E-state index in [1.165, 1.54) is 6.92 Å². The van der Waals surface area contributed by atoms with E-state index >= 15 is 0 Å². The summed E-state index contributed by atoms with van der Waals surface area (Å²) >= 11 is 0. The zero-order chi connectivity index (χ0) is 22.5. The molecule has 0 saturated heterocycles. The first kappa shape index (κ1) is 20.5. The minimum Gasteiger partial charge on any atom is -0.454 e. The maximum atomic E-state index is 12.7. The van der Waals surface area contributed by atoms with Crippen LogP contribution in [-0.2, 0) is 11.2 Å². The molecule has 0 bridgehead atoms. The largest absolute Gasteiger partial charge is 0.454 e. The summed E-state index contributed by atoms with van der Waals surface area (Å²) in [5, 5.41) is 14.9. The fourth-order valence-corrected chi connectivity index (χ4v) is 4.25. The van der Waals surface area contributed by atoms with Gasteiger partial charge in [0.25, 0.3) is 0 Å². The van der Waals surface area contributed by atoms with Gasteiger partial charge in [0.1, 0.15) is 23.0 Å². The van der Waals surface area contributed by atoms with E-state index in [1.807, 2.05) is 50.2 Å². The number of aryl methyl sites for hydroxylation is 1. The Balaban J connectivity index is 1.45. The molecule has 3 aromatic rings. The molecule has 7 nitrogen and oxygen atoms in total. The molecule has 32 heavy (non-hydrogen) atoms. The molecule has 3 aromatic carbocycles. The summed E-state index contributed by atoms with van der Waals surface area (Å²) in [6, 6.07) is 15.1. The predicted molar refractivity (Wildman–Crippen MR) is 118 cm³/mol. The van der Waals surface area contributed by atoms with Crippen molar-refractivity contribution in [2.45, 2.75) is 51.9 Å². The molecule has 5 rings (SSSR count). The number of carbonyl (C=O) groups excluding carboxylic acids is 1. The maximum Gasteiger partial charge on any atom is 0.366 e.